The monoisotopic (exact) mass is 196 g/mol. The first kappa shape index (κ1) is 7.69. The van der Waals surface area contributed by atoms with Crippen LogP contribution in [0.4, 0.5) is 0 Å². The zero-order chi connectivity index (χ0) is 9.83. The van der Waals surface area contributed by atoms with Gasteiger partial charge < -0.3 is 0 Å². The van der Waals surface area contributed by atoms with Crippen molar-refractivity contribution in [2.75, 3.05) is 0 Å². The van der Waals surface area contributed by atoms with Gasteiger partial charge in [-0.05, 0) is 36.5 Å². The maximum Gasteiger partial charge on any atom is 0.0685 e. The molecule has 1 aliphatic heterocycles. The van der Waals surface area contributed by atoms with Crippen molar-refractivity contribution < 1.29 is 0 Å². The Balaban J connectivity index is 2.01. The number of aryl methyl sites for hydroxylation is 1. The van der Waals surface area contributed by atoms with Gasteiger partial charge in [-0.15, -0.1) is 0 Å². The molecular weight excluding hydrogens is 184 g/mol. The lowest BCUT2D eigenvalue weighted by Crippen LogP contribution is -1.96. The van der Waals surface area contributed by atoms with Crippen LogP contribution in [0.5, 0.6) is 0 Å². The van der Waals surface area contributed by atoms with Crippen LogP contribution in [0.3, 0.4) is 0 Å². The summed E-state index contributed by atoms with van der Waals surface area (Å²) in [6, 6.07) is 8.60. The first-order chi connectivity index (χ1) is 7.43. The van der Waals surface area contributed by atoms with Gasteiger partial charge in [-0.1, -0.05) is 18.2 Å². The normalized spacial score (nSPS) is 16.3. The van der Waals surface area contributed by atoms with E-state index in [0.29, 0.717) is 0 Å². The van der Waals surface area contributed by atoms with Crippen LogP contribution in [0.15, 0.2) is 24.3 Å². The number of rotatable bonds is 0. The standard InChI is InChI=1S/C13H12N2/c1-2-7-12-9(4-1)8-13-10-5-3-6-11(10)14-15(12)13/h1-2,4,7H,3,5-6,8H2. The number of hydrogen-bond acceptors (Lipinski definition) is 1. The predicted octanol–water partition coefficient (Wildman–Crippen LogP) is 2.27. The lowest BCUT2D eigenvalue weighted by molar-refractivity contribution is 0.792. The third kappa shape index (κ3) is 0.870. The molecule has 1 aliphatic carbocycles. The molecule has 1 aromatic heterocycles. The maximum absolute atomic E-state index is 4.73. The molecule has 0 N–H and O–H groups in total. The van der Waals surface area contributed by atoms with E-state index in [1.807, 2.05) is 0 Å². The summed E-state index contributed by atoms with van der Waals surface area (Å²) in [4.78, 5) is 0. The van der Waals surface area contributed by atoms with Crippen LogP contribution >= 0.6 is 0 Å². The molecule has 0 saturated carbocycles. The summed E-state index contributed by atoms with van der Waals surface area (Å²) >= 11 is 0. The smallest absolute Gasteiger partial charge is 0.0685 e. The van der Waals surface area contributed by atoms with Crippen LogP contribution in [0.1, 0.15) is 28.9 Å². The molecule has 1 aromatic carbocycles. The number of para-hydroxylation sites is 1. The molecule has 0 bridgehead atoms. The van der Waals surface area contributed by atoms with Crippen molar-refractivity contribution in [2.24, 2.45) is 0 Å². The fourth-order valence-corrected chi connectivity index (χ4v) is 2.89. The number of hydrogen-bond donors (Lipinski definition) is 0. The zero-order valence-corrected chi connectivity index (χ0v) is 8.53. The highest BCUT2D eigenvalue weighted by Gasteiger charge is 2.27. The van der Waals surface area contributed by atoms with Gasteiger partial charge in [0.2, 0.25) is 0 Å². The van der Waals surface area contributed by atoms with Gasteiger partial charge in [-0.2, -0.15) is 5.10 Å². The van der Waals surface area contributed by atoms with E-state index in [4.69, 9.17) is 5.10 Å². The Kier molecular flexibility index (Phi) is 1.29. The van der Waals surface area contributed by atoms with Crippen molar-refractivity contribution in [1.82, 2.24) is 9.78 Å². The van der Waals surface area contributed by atoms with Gasteiger partial charge >= 0.3 is 0 Å². The Morgan fingerprint density at radius 1 is 1.13 bits per heavy atom. The summed E-state index contributed by atoms with van der Waals surface area (Å²) in [5.74, 6) is 0. The van der Waals surface area contributed by atoms with Crippen LogP contribution in [-0.2, 0) is 19.3 Å². The molecule has 2 heteroatoms. The molecule has 0 saturated heterocycles. The summed E-state index contributed by atoms with van der Waals surface area (Å²) < 4.78 is 2.17. The highest BCUT2D eigenvalue weighted by atomic mass is 15.3. The molecule has 0 fully saturated rings. The lowest BCUT2D eigenvalue weighted by atomic mass is 10.1. The van der Waals surface area contributed by atoms with E-state index in [1.54, 1.807) is 0 Å². The molecule has 0 radical (unpaired) electrons. The van der Waals surface area contributed by atoms with E-state index in [2.05, 4.69) is 28.9 Å². The molecule has 4 rings (SSSR count). The summed E-state index contributed by atoms with van der Waals surface area (Å²) in [6.45, 7) is 0. The topological polar surface area (TPSA) is 17.8 Å². The number of fused-ring (bicyclic) bond motifs is 5. The molecule has 0 spiro atoms. The molecule has 2 nitrogen and oxygen atoms in total. The summed E-state index contributed by atoms with van der Waals surface area (Å²) in [5.41, 5.74) is 7.05. The van der Waals surface area contributed by atoms with Gasteiger partial charge in [0.1, 0.15) is 0 Å². The molecule has 0 amide bonds. The minimum Gasteiger partial charge on any atom is -0.237 e. The number of nitrogens with zero attached hydrogens (tertiary/aromatic N) is 2. The second kappa shape index (κ2) is 2.51. The Labute approximate surface area is 88.5 Å². The number of benzene rings is 1. The molecule has 15 heavy (non-hydrogen) atoms. The third-order valence-electron chi connectivity index (χ3n) is 3.59. The fourth-order valence-electron chi connectivity index (χ4n) is 2.89. The van der Waals surface area contributed by atoms with Crippen molar-refractivity contribution in [3.05, 3.63) is 46.8 Å². The fraction of sp³-hybridized carbons (Fsp3) is 0.308. The SMILES string of the molecule is c1ccc2c(c1)Cc1c3c(nn1-2)CCC3. The predicted molar refractivity (Wildman–Crippen MR) is 58.4 cm³/mol. The second-order valence-corrected chi connectivity index (χ2v) is 4.44. The van der Waals surface area contributed by atoms with Crippen molar-refractivity contribution in [2.45, 2.75) is 25.7 Å². The van der Waals surface area contributed by atoms with Gasteiger partial charge in [0, 0.05) is 6.42 Å². The van der Waals surface area contributed by atoms with E-state index in [-0.39, 0.29) is 0 Å². The first-order valence-electron chi connectivity index (χ1n) is 5.61. The molecule has 74 valence electrons. The minimum atomic E-state index is 1.08. The van der Waals surface area contributed by atoms with Crippen molar-refractivity contribution in [3.63, 3.8) is 0 Å². The van der Waals surface area contributed by atoms with Gasteiger partial charge in [0.25, 0.3) is 0 Å². The van der Waals surface area contributed by atoms with Crippen molar-refractivity contribution in [1.29, 1.82) is 0 Å². The van der Waals surface area contributed by atoms with E-state index in [1.165, 1.54) is 47.5 Å². The van der Waals surface area contributed by atoms with Gasteiger partial charge in [-0.3, -0.25) is 0 Å². The van der Waals surface area contributed by atoms with E-state index in [0.717, 1.165) is 6.42 Å². The quantitative estimate of drug-likeness (QED) is 0.539. The molecular formula is C13H12N2. The van der Waals surface area contributed by atoms with E-state index < -0.39 is 0 Å². The Morgan fingerprint density at radius 2 is 2.07 bits per heavy atom. The Bertz CT molecular complexity index is 552. The Hall–Kier alpha value is -1.57. The molecule has 2 heterocycles. The maximum atomic E-state index is 4.73. The van der Waals surface area contributed by atoms with E-state index in [9.17, 15) is 0 Å². The Morgan fingerprint density at radius 3 is 3.07 bits per heavy atom. The molecule has 0 unspecified atom stereocenters. The summed E-state index contributed by atoms with van der Waals surface area (Å²) in [5, 5.41) is 4.73. The van der Waals surface area contributed by atoms with Gasteiger partial charge in [0.15, 0.2) is 0 Å². The highest BCUT2D eigenvalue weighted by molar-refractivity contribution is 5.52. The van der Waals surface area contributed by atoms with Crippen molar-refractivity contribution in [3.8, 4) is 5.69 Å². The second-order valence-electron chi connectivity index (χ2n) is 4.44. The van der Waals surface area contributed by atoms with Crippen LogP contribution in [0.2, 0.25) is 0 Å². The summed E-state index contributed by atoms with van der Waals surface area (Å²) in [6.07, 6.45) is 4.79. The van der Waals surface area contributed by atoms with Crippen LogP contribution in [0, 0.1) is 0 Å². The average Bonchev–Trinajstić information content (AvgIpc) is 2.87. The van der Waals surface area contributed by atoms with Gasteiger partial charge in [-0.25, -0.2) is 4.68 Å². The van der Waals surface area contributed by atoms with Crippen LogP contribution in [0.25, 0.3) is 5.69 Å². The van der Waals surface area contributed by atoms with Gasteiger partial charge in [0.05, 0.1) is 17.1 Å². The highest BCUT2D eigenvalue weighted by Crippen LogP contribution is 2.34. The lowest BCUT2D eigenvalue weighted by Gasteiger charge is -1.99. The number of aromatic nitrogens is 2. The largest absolute Gasteiger partial charge is 0.237 e. The molecule has 2 aromatic rings. The minimum absolute atomic E-state index is 1.08. The van der Waals surface area contributed by atoms with Crippen molar-refractivity contribution >= 4 is 0 Å². The van der Waals surface area contributed by atoms with E-state index >= 15 is 0 Å². The zero-order valence-electron chi connectivity index (χ0n) is 8.53. The third-order valence-corrected chi connectivity index (χ3v) is 3.59. The van der Waals surface area contributed by atoms with Crippen LogP contribution < -0.4 is 0 Å². The molecule has 2 aliphatic rings. The summed E-state index contributed by atoms with van der Waals surface area (Å²) in [7, 11) is 0. The van der Waals surface area contributed by atoms with Crippen LogP contribution in [-0.4, -0.2) is 9.78 Å². The average molecular weight is 196 g/mol. The molecule has 0 atom stereocenters. The first-order valence-corrected chi connectivity index (χ1v) is 5.61.